The minimum absolute atomic E-state index is 0.616. The molecule has 0 aromatic carbocycles. The fourth-order valence-electron chi connectivity index (χ4n) is 3.30. The van der Waals surface area contributed by atoms with Crippen LogP contribution in [-0.2, 0) is 0 Å². The zero-order valence-electron chi connectivity index (χ0n) is 11.8. The molecule has 1 heterocycles. The van der Waals surface area contributed by atoms with E-state index in [2.05, 4.69) is 53.3 Å². The highest BCUT2D eigenvalue weighted by atomic mass is 15.2. The minimum Gasteiger partial charge on any atom is -0.380 e. The number of nitrogens with zero attached hydrogens (tertiary/aromatic N) is 2. The topological polar surface area (TPSA) is 28.2 Å². The summed E-state index contributed by atoms with van der Waals surface area (Å²) in [5.41, 5.74) is 1.15. The monoisotopic (exact) mass is 257 g/mol. The number of allylic oxidation sites excluding steroid dienone is 1. The van der Waals surface area contributed by atoms with Gasteiger partial charge >= 0.3 is 0 Å². The second-order valence-corrected chi connectivity index (χ2v) is 5.57. The Morgan fingerprint density at radius 3 is 2.79 bits per heavy atom. The molecular formula is C16H23N3. The average molecular weight is 257 g/mol. The molecule has 3 nitrogen and oxygen atoms in total. The highest BCUT2D eigenvalue weighted by Gasteiger charge is 2.40. The third-order valence-corrected chi connectivity index (χ3v) is 4.55. The molecular weight excluding hydrogens is 234 g/mol. The van der Waals surface area contributed by atoms with Crippen molar-refractivity contribution in [2.75, 3.05) is 23.3 Å². The molecule has 0 spiro atoms. The van der Waals surface area contributed by atoms with Gasteiger partial charge in [0.25, 0.3) is 0 Å². The van der Waals surface area contributed by atoms with Crippen LogP contribution in [0.15, 0.2) is 30.5 Å². The van der Waals surface area contributed by atoms with E-state index < -0.39 is 0 Å². The quantitative estimate of drug-likeness (QED) is 0.820. The number of nitrogens with one attached hydrogen (secondary N) is 1. The van der Waals surface area contributed by atoms with E-state index in [1.54, 1.807) is 0 Å². The lowest BCUT2D eigenvalue weighted by molar-refractivity contribution is 0.218. The van der Waals surface area contributed by atoms with Crippen molar-refractivity contribution in [3.8, 4) is 0 Å². The van der Waals surface area contributed by atoms with Gasteiger partial charge in [0, 0.05) is 25.0 Å². The average Bonchev–Trinajstić information content (AvgIpc) is 2.80. The molecule has 0 amide bonds. The van der Waals surface area contributed by atoms with Gasteiger partial charge in [-0.1, -0.05) is 12.2 Å². The summed E-state index contributed by atoms with van der Waals surface area (Å²) in [6, 6.07) is 4.90. The third-order valence-electron chi connectivity index (χ3n) is 4.55. The van der Waals surface area contributed by atoms with Gasteiger partial charge in [-0.3, -0.25) is 0 Å². The Balaban J connectivity index is 1.61. The molecule has 2 aliphatic rings. The molecule has 1 aromatic rings. The molecule has 1 fully saturated rings. The molecule has 1 N–H and O–H groups in total. The van der Waals surface area contributed by atoms with Crippen molar-refractivity contribution < 1.29 is 0 Å². The zero-order chi connectivity index (χ0) is 13.2. The van der Waals surface area contributed by atoms with E-state index in [1.165, 1.54) is 12.8 Å². The maximum atomic E-state index is 4.56. The number of hydrogen-bond acceptors (Lipinski definition) is 3. The molecule has 1 saturated carbocycles. The van der Waals surface area contributed by atoms with Crippen LogP contribution in [0.4, 0.5) is 11.5 Å². The van der Waals surface area contributed by atoms with Gasteiger partial charge in [-0.25, -0.2) is 4.98 Å². The van der Waals surface area contributed by atoms with E-state index in [-0.39, 0.29) is 0 Å². The first-order chi connectivity index (χ1) is 9.31. The maximum Gasteiger partial charge on any atom is 0.128 e. The number of pyridine rings is 1. The molecule has 102 valence electrons. The second kappa shape index (κ2) is 5.24. The van der Waals surface area contributed by atoms with Gasteiger partial charge in [0.15, 0.2) is 0 Å². The van der Waals surface area contributed by atoms with Crippen molar-refractivity contribution in [1.82, 2.24) is 4.98 Å². The first kappa shape index (κ1) is 12.5. The van der Waals surface area contributed by atoms with E-state index in [0.29, 0.717) is 6.04 Å². The predicted octanol–water partition coefficient (Wildman–Crippen LogP) is 3.30. The molecule has 3 heteroatoms. The Hall–Kier alpha value is -1.51. The number of aromatic nitrogens is 1. The summed E-state index contributed by atoms with van der Waals surface area (Å²) in [5, 5.41) is 3.62. The summed E-state index contributed by atoms with van der Waals surface area (Å²) in [4.78, 5) is 6.83. The molecule has 0 radical (unpaired) electrons. The molecule has 1 aromatic heterocycles. The zero-order valence-corrected chi connectivity index (χ0v) is 11.8. The second-order valence-electron chi connectivity index (χ2n) is 5.57. The van der Waals surface area contributed by atoms with Crippen molar-refractivity contribution >= 4 is 11.5 Å². The molecule has 3 atom stereocenters. The van der Waals surface area contributed by atoms with Crippen LogP contribution in [0, 0.1) is 11.8 Å². The van der Waals surface area contributed by atoms with Gasteiger partial charge in [0.1, 0.15) is 5.82 Å². The van der Waals surface area contributed by atoms with Crippen LogP contribution >= 0.6 is 0 Å². The van der Waals surface area contributed by atoms with Crippen LogP contribution in [0.5, 0.6) is 0 Å². The molecule has 3 rings (SSSR count). The predicted molar refractivity (Wildman–Crippen MR) is 80.6 cm³/mol. The lowest BCUT2D eigenvalue weighted by Gasteiger charge is -2.41. The van der Waals surface area contributed by atoms with Gasteiger partial charge in [0.2, 0.25) is 0 Å². The number of hydrogen-bond donors (Lipinski definition) is 1. The van der Waals surface area contributed by atoms with Crippen LogP contribution < -0.4 is 10.2 Å². The molecule has 0 saturated heterocycles. The largest absolute Gasteiger partial charge is 0.380 e. The first-order valence-corrected chi connectivity index (χ1v) is 7.46. The minimum atomic E-state index is 0.616. The van der Waals surface area contributed by atoms with Gasteiger partial charge in [0.05, 0.1) is 11.9 Å². The Morgan fingerprint density at radius 1 is 1.32 bits per heavy atom. The maximum absolute atomic E-state index is 4.56. The fourth-order valence-corrected chi connectivity index (χ4v) is 3.30. The van der Waals surface area contributed by atoms with Crippen molar-refractivity contribution in [1.29, 1.82) is 0 Å². The van der Waals surface area contributed by atoms with E-state index in [9.17, 15) is 0 Å². The van der Waals surface area contributed by atoms with E-state index in [0.717, 1.165) is 36.4 Å². The lowest BCUT2D eigenvalue weighted by atomic mass is 9.71. The van der Waals surface area contributed by atoms with Crippen molar-refractivity contribution in [2.45, 2.75) is 32.7 Å². The Kier molecular flexibility index (Phi) is 3.45. The van der Waals surface area contributed by atoms with E-state index in [1.807, 2.05) is 6.20 Å². The van der Waals surface area contributed by atoms with Gasteiger partial charge in [-0.15, -0.1) is 0 Å². The number of fused-ring (bicyclic) bond motifs is 1. The molecule has 3 unspecified atom stereocenters. The van der Waals surface area contributed by atoms with Crippen LogP contribution in [0.25, 0.3) is 0 Å². The molecule has 2 aliphatic carbocycles. The van der Waals surface area contributed by atoms with Crippen LogP contribution in [0.1, 0.15) is 26.7 Å². The van der Waals surface area contributed by atoms with Gasteiger partial charge in [-0.2, -0.15) is 0 Å². The Bertz CT molecular complexity index is 448. The summed E-state index contributed by atoms with van der Waals surface area (Å²) < 4.78 is 0. The SMILES string of the molecule is CCN(CC)c1ccc(NC2CC3CC=CC32)cn1. The third kappa shape index (κ3) is 2.34. The summed E-state index contributed by atoms with van der Waals surface area (Å²) >= 11 is 0. The number of rotatable bonds is 5. The summed E-state index contributed by atoms with van der Waals surface area (Å²) in [5.74, 6) is 2.73. The Morgan fingerprint density at radius 2 is 2.16 bits per heavy atom. The summed E-state index contributed by atoms with van der Waals surface area (Å²) in [6.45, 7) is 6.34. The molecule has 19 heavy (non-hydrogen) atoms. The van der Waals surface area contributed by atoms with Gasteiger partial charge in [-0.05, 0) is 44.7 Å². The van der Waals surface area contributed by atoms with Crippen molar-refractivity contribution in [2.24, 2.45) is 11.8 Å². The first-order valence-electron chi connectivity index (χ1n) is 7.46. The molecule has 0 aliphatic heterocycles. The Labute approximate surface area is 115 Å². The highest BCUT2D eigenvalue weighted by Crippen LogP contribution is 2.43. The van der Waals surface area contributed by atoms with Crippen molar-refractivity contribution in [3.05, 3.63) is 30.5 Å². The standard InChI is InChI=1S/C16H23N3/c1-3-19(4-2)16-9-8-13(11-17-16)18-15-10-12-6-5-7-14(12)15/h5,7-9,11-12,14-15,18H,3-4,6,10H2,1-2H3. The highest BCUT2D eigenvalue weighted by molar-refractivity contribution is 5.49. The number of anilines is 2. The van der Waals surface area contributed by atoms with Crippen LogP contribution in [0.3, 0.4) is 0 Å². The lowest BCUT2D eigenvalue weighted by Crippen LogP contribution is -2.43. The van der Waals surface area contributed by atoms with Crippen molar-refractivity contribution in [3.63, 3.8) is 0 Å². The van der Waals surface area contributed by atoms with Gasteiger partial charge < -0.3 is 10.2 Å². The fraction of sp³-hybridized carbons (Fsp3) is 0.562. The normalized spacial score (nSPS) is 27.8. The van der Waals surface area contributed by atoms with Crippen LogP contribution in [0.2, 0.25) is 0 Å². The summed E-state index contributed by atoms with van der Waals surface area (Å²) in [6.07, 6.45) is 9.26. The summed E-state index contributed by atoms with van der Waals surface area (Å²) in [7, 11) is 0. The van der Waals surface area contributed by atoms with E-state index in [4.69, 9.17) is 0 Å². The smallest absolute Gasteiger partial charge is 0.128 e. The molecule has 0 bridgehead atoms. The van der Waals surface area contributed by atoms with E-state index >= 15 is 0 Å². The van der Waals surface area contributed by atoms with Crippen LogP contribution in [-0.4, -0.2) is 24.1 Å².